The summed E-state index contributed by atoms with van der Waals surface area (Å²) < 4.78 is 0. The minimum atomic E-state index is -0.398. The Labute approximate surface area is 172 Å². The van der Waals surface area contributed by atoms with Gasteiger partial charge >= 0.3 is 0 Å². The third-order valence-electron chi connectivity index (χ3n) is 5.91. The highest BCUT2D eigenvalue weighted by atomic mass is 16.6. The number of nitrogens with zero attached hydrogens (tertiary/aromatic N) is 2. The van der Waals surface area contributed by atoms with Crippen LogP contribution < -0.4 is 10.2 Å². The molecule has 1 saturated heterocycles. The van der Waals surface area contributed by atoms with Crippen LogP contribution in [0.25, 0.3) is 0 Å². The zero-order valence-electron chi connectivity index (χ0n) is 17.4. The van der Waals surface area contributed by atoms with E-state index in [0.717, 1.165) is 32.4 Å². The van der Waals surface area contributed by atoms with Crippen molar-refractivity contribution >= 4 is 23.0 Å². The first-order chi connectivity index (χ1) is 13.9. The average molecular weight is 396 g/mol. The summed E-state index contributed by atoms with van der Waals surface area (Å²) in [6.45, 7) is 8.11. The van der Waals surface area contributed by atoms with Crippen LogP contribution in [0.15, 0.2) is 42.5 Å². The molecule has 1 N–H and O–H groups in total. The summed E-state index contributed by atoms with van der Waals surface area (Å²) >= 11 is 0. The molecular weight excluding hydrogens is 366 g/mol. The number of carbonyl (C=O) groups excluding carboxylic acids is 1. The summed E-state index contributed by atoms with van der Waals surface area (Å²) in [5, 5.41) is 14.5. The Hall–Kier alpha value is -2.89. The van der Waals surface area contributed by atoms with Crippen LogP contribution >= 0.6 is 0 Å². The van der Waals surface area contributed by atoms with Crippen LogP contribution in [-0.4, -0.2) is 23.9 Å². The first kappa shape index (κ1) is 20.8. The molecule has 1 amide bonds. The summed E-state index contributed by atoms with van der Waals surface area (Å²) in [6.07, 6.45) is 3.09. The van der Waals surface area contributed by atoms with Gasteiger partial charge in [-0.2, -0.15) is 0 Å². The zero-order valence-corrected chi connectivity index (χ0v) is 17.4. The minimum absolute atomic E-state index is 0.0145. The van der Waals surface area contributed by atoms with E-state index in [9.17, 15) is 14.9 Å². The maximum atomic E-state index is 12.6. The van der Waals surface area contributed by atoms with Crippen molar-refractivity contribution in [2.24, 2.45) is 5.92 Å². The van der Waals surface area contributed by atoms with Crippen LogP contribution in [0, 0.1) is 16.0 Å². The Balaban J connectivity index is 1.77. The Morgan fingerprint density at radius 1 is 1.21 bits per heavy atom. The number of hydrogen-bond acceptors (Lipinski definition) is 4. The van der Waals surface area contributed by atoms with Crippen LogP contribution in [0.4, 0.5) is 17.1 Å². The van der Waals surface area contributed by atoms with E-state index in [1.54, 1.807) is 12.1 Å². The van der Waals surface area contributed by atoms with Gasteiger partial charge in [-0.3, -0.25) is 14.9 Å². The molecule has 0 saturated carbocycles. The topological polar surface area (TPSA) is 75.5 Å². The smallest absolute Gasteiger partial charge is 0.293 e. The van der Waals surface area contributed by atoms with Crippen molar-refractivity contribution < 1.29 is 9.72 Å². The minimum Gasteiger partial charge on any atom is -0.366 e. The second-order valence-electron chi connectivity index (χ2n) is 8.02. The van der Waals surface area contributed by atoms with Crippen LogP contribution in [0.1, 0.15) is 61.9 Å². The van der Waals surface area contributed by atoms with E-state index >= 15 is 0 Å². The lowest BCUT2D eigenvalue weighted by molar-refractivity contribution is -0.384. The highest BCUT2D eigenvalue weighted by Crippen LogP contribution is 2.32. The molecule has 1 atom stereocenters. The number of nitro groups is 1. The molecule has 1 fully saturated rings. The highest BCUT2D eigenvalue weighted by Gasteiger charge is 2.24. The Morgan fingerprint density at radius 3 is 2.45 bits per heavy atom. The molecule has 0 bridgehead atoms. The molecule has 6 nitrogen and oxygen atoms in total. The number of carbonyl (C=O) groups is 1. The largest absolute Gasteiger partial charge is 0.366 e. The lowest BCUT2D eigenvalue weighted by Crippen LogP contribution is -2.33. The third-order valence-corrected chi connectivity index (χ3v) is 5.91. The number of nitro benzene ring substituents is 1. The second kappa shape index (κ2) is 9.07. The molecular formula is C23H29N3O3. The number of piperidine rings is 1. The molecule has 1 aliphatic rings. The Bertz CT molecular complexity index is 871. The summed E-state index contributed by atoms with van der Waals surface area (Å²) in [4.78, 5) is 25.9. The summed E-state index contributed by atoms with van der Waals surface area (Å²) in [6, 6.07) is 12.5. The molecule has 0 spiro atoms. The van der Waals surface area contributed by atoms with Gasteiger partial charge in [0.15, 0.2) is 0 Å². The average Bonchev–Trinajstić information content (AvgIpc) is 2.73. The van der Waals surface area contributed by atoms with E-state index in [1.807, 2.05) is 29.2 Å². The molecule has 154 valence electrons. The van der Waals surface area contributed by atoms with Crippen molar-refractivity contribution in [3.63, 3.8) is 0 Å². The molecule has 6 heteroatoms. The maximum Gasteiger partial charge on any atom is 0.293 e. The standard InChI is InChI=1S/C23H29N3O3/c1-4-17(3)18-5-8-20(9-6-18)24-23(27)19-7-10-21(22(15-19)26(28)29)25-13-11-16(2)12-14-25/h5-10,15-17H,4,11-14H2,1-3H3,(H,24,27). The maximum absolute atomic E-state index is 12.6. The van der Waals surface area contributed by atoms with Gasteiger partial charge in [0.25, 0.3) is 11.6 Å². The van der Waals surface area contributed by atoms with Crippen LogP contribution in [0.5, 0.6) is 0 Å². The monoisotopic (exact) mass is 395 g/mol. The van der Waals surface area contributed by atoms with Gasteiger partial charge in [0, 0.05) is 30.4 Å². The number of hydrogen-bond donors (Lipinski definition) is 1. The first-order valence-electron chi connectivity index (χ1n) is 10.3. The molecule has 1 aliphatic heterocycles. The second-order valence-corrected chi connectivity index (χ2v) is 8.02. The third kappa shape index (κ3) is 4.94. The van der Waals surface area contributed by atoms with Gasteiger partial charge in [-0.1, -0.05) is 32.9 Å². The lowest BCUT2D eigenvalue weighted by atomic mass is 9.98. The molecule has 1 unspecified atom stereocenters. The highest BCUT2D eigenvalue weighted by molar-refractivity contribution is 6.05. The van der Waals surface area contributed by atoms with Gasteiger partial charge in [-0.15, -0.1) is 0 Å². The van der Waals surface area contributed by atoms with Crippen LogP contribution in [-0.2, 0) is 0 Å². The van der Waals surface area contributed by atoms with Gasteiger partial charge in [0.2, 0.25) is 0 Å². The quantitative estimate of drug-likeness (QED) is 0.510. The molecule has 0 aromatic heterocycles. The normalized spacial score (nSPS) is 15.8. The predicted octanol–water partition coefficient (Wildman–Crippen LogP) is 5.60. The summed E-state index contributed by atoms with van der Waals surface area (Å²) in [5.74, 6) is 0.762. The van der Waals surface area contributed by atoms with Gasteiger partial charge < -0.3 is 10.2 Å². The van der Waals surface area contributed by atoms with Crippen molar-refractivity contribution in [2.75, 3.05) is 23.3 Å². The lowest BCUT2D eigenvalue weighted by Gasteiger charge is -2.31. The molecule has 2 aromatic rings. The van der Waals surface area contributed by atoms with Crippen LogP contribution in [0.3, 0.4) is 0 Å². The fourth-order valence-corrected chi connectivity index (χ4v) is 3.66. The van der Waals surface area contributed by atoms with E-state index in [2.05, 4.69) is 26.1 Å². The van der Waals surface area contributed by atoms with E-state index in [4.69, 9.17) is 0 Å². The van der Waals surface area contributed by atoms with E-state index in [-0.39, 0.29) is 17.2 Å². The number of nitrogens with one attached hydrogen (secondary N) is 1. The van der Waals surface area contributed by atoms with Crippen molar-refractivity contribution in [1.82, 2.24) is 0 Å². The van der Waals surface area contributed by atoms with Crippen molar-refractivity contribution in [2.45, 2.75) is 46.0 Å². The molecule has 0 aliphatic carbocycles. The molecule has 1 heterocycles. The fourth-order valence-electron chi connectivity index (χ4n) is 3.66. The zero-order chi connectivity index (χ0) is 21.0. The number of anilines is 2. The van der Waals surface area contributed by atoms with Crippen molar-refractivity contribution in [3.05, 3.63) is 63.7 Å². The Kier molecular flexibility index (Phi) is 6.52. The van der Waals surface area contributed by atoms with Crippen molar-refractivity contribution in [3.8, 4) is 0 Å². The van der Waals surface area contributed by atoms with Gasteiger partial charge in [-0.25, -0.2) is 0 Å². The van der Waals surface area contributed by atoms with Gasteiger partial charge in [0.1, 0.15) is 5.69 Å². The van der Waals surface area contributed by atoms with Gasteiger partial charge in [-0.05, 0) is 60.9 Å². The number of amides is 1. The first-order valence-corrected chi connectivity index (χ1v) is 10.3. The number of benzene rings is 2. The van der Waals surface area contributed by atoms with Crippen molar-refractivity contribution in [1.29, 1.82) is 0 Å². The molecule has 29 heavy (non-hydrogen) atoms. The van der Waals surface area contributed by atoms with Gasteiger partial charge in [0.05, 0.1) is 4.92 Å². The summed E-state index contributed by atoms with van der Waals surface area (Å²) in [7, 11) is 0. The van der Waals surface area contributed by atoms with E-state index < -0.39 is 4.92 Å². The SMILES string of the molecule is CCC(C)c1ccc(NC(=O)c2ccc(N3CCC(C)CC3)c([N+](=O)[O-])c2)cc1. The fraction of sp³-hybridized carbons (Fsp3) is 0.435. The molecule has 0 radical (unpaired) electrons. The van der Waals surface area contributed by atoms with E-state index in [0.29, 0.717) is 23.2 Å². The number of rotatable bonds is 6. The Morgan fingerprint density at radius 2 is 1.86 bits per heavy atom. The molecule has 3 rings (SSSR count). The predicted molar refractivity (Wildman–Crippen MR) is 117 cm³/mol. The summed E-state index contributed by atoms with van der Waals surface area (Å²) in [5.41, 5.74) is 2.77. The molecule has 2 aromatic carbocycles. The van der Waals surface area contributed by atoms with E-state index in [1.165, 1.54) is 11.6 Å². The van der Waals surface area contributed by atoms with Crippen LogP contribution in [0.2, 0.25) is 0 Å².